The summed E-state index contributed by atoms with van der Waals surface area (Å²) in [6.45, 7) is 9.71. The van der Waals surface area contributed by atoms with Crippen LogP contribution in [0.25, 0.3) is 0 Å². The van der Waals surface area contributed by atoms with Crippen LogP contribution < -0.4 is 0 Å². The zero-order chi connectivity index (χ0) is 15.2. The van der Waals surface area contributed by atoms with Gasteiger partial charge < -0.3 is 0 Å². The van der Waals surface area contributed by atoms with Crippen LogP contribution in [0.3, 0.4) is 0 Å². The average Bonchev–Trinajstić information content (AvgIpc) is 2.52. The van der Waals surface area contributed by atoms with E-state index in [-0.39, 0.29) is 0 Å². The maximum absolute atomic E-state index is 2.51. The highest BCUT2D eigenvalue weighted by Crippen LogP contribution is 2.48. The summed E-state index contributed by atoms with van der Waals surface area (Å²) in [4.78, 5) is 0. The molecular weight excluding hydrogens is 252 g/mol. The lowest BCUT2D eigenvalue weighted by atomic mass is 9.60. The highest BCUT2D eigenvalue weighted by Gasteiger charge is 2.38. The molecule has 0 heteroatoms. The minimum Gasteiger partial charge on any atom is -0.0651 e. The summed E-state index contributed by atoms with van der Waals surface area (Å²) in [7, 11) is 0. The molecule has 0 saturated heterocycles. The van der Waals surface area contributed by atoms with Crippen molar-refractivity contribution in [3.05, 3.63) is 0 Å². The first-order valence-corrected chi connectivity index (χ1v) is 10.1. The topological polar surface area (TPSA) is 0 Å². The van der Waals surface area contributed by atoms with Crippen LogP contribution in [-0.4, -0.2) is 0 Å². The molecule has 3 saturated carbocycles. The fourth-order valence-corrected chi connectivity index (χ4v) is 5.25. The van der Waals surface area contributed by atoms with Crippen LogP contribution in [0.1, 0.15) is 98.3 Å². The van der Waals surface area contributed by atoms with Crippen molar-refractivity contribution in [3.8, 4) is 0 Å². The van der Waals surface area contributed by atoms with Gasteiger partial charge in [0.25, 0.3) is 0 Å². The second kappa shape index (κ2) is 8.59. The smallest absolute Gasteiger partial charge is 0.0357 e. The van der Waals surface area contributed by atoms with Crippen molar-refractivity contribution in [2.45, 2.75) is 98.3 Å². The first-order chi connectivity index (χ1) is 10.1. The zero-order valence-electron chi connectivity index (χ0n) is 15.2. The van der Waals surface area contributed by atoms with Gasteiger partial charge in [-0.1, -0.05) is 79.1 Å². The molecule has 0 N–H and O–H groups in total. The van der Waals surface area contributed by atoms with Crippen molar-refractivity contribution in [1.82, 2.24) is 0 Å². The van der Waals surface area contributed by atoms with Crippen LogP contribution >= 0.6 is 0 Å². The van der Waals surface area contributed by atoms with Gasteiger partial charge in [0.2, 0.25) is 0 Å². The number of hydrogen-bond donors (Lipinski definition) is 0. The second-order valence-electron chi connectivity index (χ2n) is 8.67. The van der Waals surface area contributed by atoms with Gasteiger partial charge in [-0.05, 0) is 54.8 Å². The molecular formula is C21H40. The van der Waals surface area contributed by atoms with Crippen molar-refractivity contribution in [1.29, 1.82) is 0 Å². The van der Waals surface area contributed by atoms with Gasteiger partial charge in [0, 0.05) is 0 Å². The lowest BCUT2D eigenvalue weighted by molar-refractivity contribution is 0.0495. The number of fused-ring (bicyclic) bond motifs is 1. The molecule has 0 aromatic rings. The average molecular weight is 293 g/mol. The Hall–Kier alpha value is 0. The predicted octanol–water partition coefficient (Wildman–Crippen LogP) is 7.08. The van der Waals surface area contributed by atoms with E-state index in [4.69, 9.17) is 0 Å². The van der Waals surface area contributed by atoms with E-state index in [1.54, 1.807) is 6.42 Å². The fraction of sp³-hybridized carbons (Fsp3) is 1.00. The summed E-state index contributed by atoms with van der Waals surface area (Å²) in [5.74, 6) is 6.29. The zero-order valence-corrected chi connectivity index (χ0v) is 15.2. The monoisotopic (exact) mass is 292 g/mol. The molecule has 3 aliphatic rings. The molecule has 3 aliphatic carbocycles. The van der Waals surface area contributed by atoms with E-state index in [0.29, 0.717) is 0 Å². The Morgan fingerprint density at radius 1 is 0.762 bits per heavy atom. The molecule has 0 radical (unpaired) electrons. The summed E-state index contributed by atoms with van der Waals surface area (Å²) in [5, 5.41) is 0. The van der Waals surface area contributed by atoms with Crippen LogP contribution in [0.4, 0.5) is 0 Å². The number of rotatable bonds is 1. The third kappa shape index (κ3) is 5.00. The van der Waals surface area contributed by atoms with Gasteiger partial charge in [-0.2, -0.15) is 0 Å². The van der Waals surface area contributed by atoms with E-state index in [0.717, 1.165) is 35.5 Å². The standard InChI is InChI=1S/C14H26.C7H14/c1-4-12-6-8-14-11(3)10(2)5-7-13(14)9-12;1-7-5-3-2-4-6-7/h10-14H,4-9H2,1-3H3;7H,2-6H2,1H3. The first-order valence-electron chi connectivity index (χ1n) is 10.1. The molecule has 0 amide bonds. The molecule has 0 aromatic carbocycles. The van der Waals surface area contributed by atoms with Gasteiger partial charge in [-0.25, -0.2) is 0 Å². The molecule has 0 aromatic heterocycles. The van der Waals surface area contributed by atoms with Crippen LogP contribution in [0.2, 0.25) is 0 Å². The summed E-state index contributed by atoms with van der Waals surface area (Å²) in [6.07, 6.45) is 16.5. The summed E-state index contributed by atoms with van der Waals surface area (Å²) >= 11 is 0. The van der Waals surface area contributed by atoms with Crippen molar-refractivity contribution in [3.63, 3.8) is 0 Å². The molecule has 0 aliphatic heterocycles. The summed E-state index contributed by atoms with van der Waals surface area (Å²) in [5.41, 5.74) is 0. The van der Waals surface area contributed by atoms with Crippen LogP contribution in [0.5, 0.6) is 0 Å². The molecule has 5 unspecified atom stereocenters. The minimum absolute atomic E-state index is 0.995. The summed E-state index contributed by atoms with van der Waals surface area (Å²) < 4.78 is 0. The molecule has 0 heterocycles. The number of hydrogen-bond acceptors (Lipinski definition) is 0. The molecule has 3 fully saturated rings. The van der Waals surface area contributed by atoms with Gasteiger partial charge in [0.15, 0.2) is 0 Å². The van der Waals surface area contributed by atoms with Crippen LogP contribution in [0, 0.1) is 35.5 Å². The molecule has 5 atom stereocenters. The Bertz CT molecular complexity index is 276. The molecule has 0 bridgehead atoms. The SMILES string of the molecule is CC1CCCCC1.CCC1CCC2C(CCC(C)C2C)C1. The van der Waals surface area contributed by atoms with Crippen molar-refractivity contribution in [2.75, 3.05) is 0 Å². The van der Waals surface area contributed by atoms with Crippen molar-refractivity contribution < 1.29 is 0 Å². The van der Waals surface area contributed by atoms with Gasteiger partial charge in [-0.3, -0.25) is 0 Å². The van der Waals surface area contributed by atoms with E-state index in [9.17, 15) is 0 Å². The Kier molecular flexibility index (Phi) is 7.10. The van der Waals surface area contributed by atoms with E-state index in [1.807, 2.05) is 0 Å². The maximum atomic E-state index is 2.51. The summed E-state index contributed by atoms with van der Waals surface area (Å²) in [6, 6.07) is 0. The Morgan fingerprint density at radius 3 is 2.05 bits per heavy atom. The quantitative estimate of drug-likeness (QED) is 0.484. The third-order valence-corrected chi connectivity index (χ3v) is 7.19. The van der Waals surface area contributed by atoms with E-state index < -0.39 is 0 Å². The lowest BCUT2D eigenvalue weighted by Gasteiger charge is -2.45. The minimum atomic E-state index is 0.995. The largest absolute Gasteiger partial charge is 0.0651 e. The molecule has 3 rings (SSSR count). The van der Waals surface area contributed by atoms with E-state index >= 15 is 0 Å². The normalized spacial score (nSPS) is 40.9. The van der Waals surface area contributed by atoms with Gasteiger partial charge in [0.1, 0.15) is 0 Å². The maximum Gasteiger partial charge on any atom is -0.0357 e. The Morgan fingerprint density at radius 2 is 1.48 bits per heavy atom. The van der Waals surface area contributed by atoms with Crippen molar-refractivity contribution in [2.24, 2.45) is 35.5 Å². The second-order valence-corrected chi connectivity index (χ2v) is 8.67. The van der Waals surface area contributed by atoms with Gasteiger partial charge in [-0.15, -0.1) is 0 Å². The van der Waals surface area contributed by atoms with Crippen molar-refractivity contribution >= 4 is 0 Å². The fourth-order valence-electron chi connectivity index (χ4n) is 5.25. The van der Waals surface area contributed by atoms with Crippen LogP contribution in [0.15, 0.2) is 0 Å². The highest BCUT2D eigenvalue weighted by molar-refractivity contribution is 4.88. The molecule has 124 valence electrons. The molecule has 0 spiro atoms. The third-order valence-electron chi connectivity index (χ3n) is 7.19. The van der Waals surface area contributed by atoms with E-state index in [2.05, 4.69) is 27.7 Å². The first kappa shape index (κ1) is 17.4. The Labute approximate surface area is 134 Å². The molecule has 0 nitrogen and oxygen atoms in total. The molecule has 21 heavy (non-hydrogen) atoms. The lowest BCUT2D eigenvalue weighted by Crippen LogP contribution is -2.36. The van der Waals surface area contributed by atoms with E-state index in [1.165, 1.54) is 64.2 Å². The Balaban J connectivity index is 0.000000194. The highest BCUT2D eigenvalue weighted by atomic mass is 14.4. The van der Waals surface area contributed by atoms with Gasteiger partial charge in [0.05, 0.1) is 0 Å². The van der Waals surface area contributed by atoms with Gasteiger partial charge >= 0.3 is 0 Å². The predicted molar refractivity (Wildman–Crippen MR) is 94.4 cm³/mol. The van der Waals surface area contributed by atoms with Crippen LogP contribution in [-0.2, 0) is 0 Å².